The average Bonchev–Trinajstić information content (AvgIpc) is 2.47. The molecule has 1 N–H and O–H groups in total. The molecule has 2 rings (SSSR count). The number of anilines is 1. The Labute approximate surface area is 81.5 Å². The summed E-state index contributed by atoms with van der Waals surface area (Å²) in [7, 11) is 0. The van der Waals surface area contributed by atoms with Crippen LogP contribution in [0.4, 0.5) is 5.69 Å². The molecule has 0 unspecified atom stereocenters. The molecule has 1 amide bonds. The number of nitrogens with zero attached hydrogens (tertiary/aromatic N) is 2. The molecule has 0 fully saturated rings. The van der Waals surface area contributed by atoms with Gasteiger partial charge in [-0.1, -0.05) is 0 Å². The van der Waals surface area contributed by atoms with Crippen molar-refractivity contribution in [2.24, 2.45) is 5.10 Å². The lowest BCUT2D eigenvalue weighted by Crippen LogP contribution is -2.19. The maximum Gasteiger partial charge on any atom is 0.253 e. The van der Waals surface area contributed by atoms with Crippen molar-refractivity contribution in [1.82, 2.24) is 0 Å². The highest BCUT2D eigenvalue weighted by molar-refractivity contribution is 6.12. The summed E-state index contributed by atoms with van der Waals surface area (Å²) in [6, 6.07) is 6.39. The third-order valence-corrected chi connectivity index (χ3v) is 2.01. The number of phenolic OH excluding ortho intramolecular Hbond substituents is 1. The van der Waals surface area contributed by atoms with E-state index in [2.05, 4.69) is 5.10 Å². The van der Waals surface area contributed by atoms with Crippen LogP contribution in [0.15, 0.2) is 29.4 Å². The molecule has 0 aliphatic carbocycles. The fraction of sp³-hybridized carbons (Fsp3) is 0.200. The second kappa shape index (κ2) is 3.14. The fourth-order valence-corrected chi connectivity index (χ4v) is 1.35. The van der Waals surface area contributed by atoms with Gasteiger partial charge in [0, 0.05) is 5.71 Å². The van der Waals surface area contributed by atoms with Crippen molar-refractivity contribution in [2.45, 2.75) is 13.3 Å². The van der Waals surface area contributed by atoms with Crippen LogP contribution < -0.4 is 5.01 Å². The summed E-state index contributed by atoms with van der Waals surface area (Å²) in [5, 5.41) is 14.5. The highest BCUT2D eigenvalue weighted by Gasteiger charge is 2.22. The summed E-state index contributed by atoms with van der Waals surface area (Å²) in [4.78, 5) is 11.4. The van der Waals surface area contributed by atoms with Crippen molar-refractivity contribution in [3.05, 3.63) is 24.3 Å². The largest absolute Gasteiger partial charge is 0.508 e. The maximum absolute atomic E-state index is 11.4. The quantitative estimate of drug-likeness (QED) is 0.729. The van der Waals surface area contributed by atoms with E-state index in [0.717, 1.165) is 5.71 Å². The van der Waals surface area contributed by atoms with Gasteiger partial charge >= 0.3 is 0 Å². The molecule has 14 heavy (non-hydrogen) atoms. The molecule has 1 aromatic rings. The summed E-state index contributed by atoms with van der Waals surface area (Å²) in [6.07, 6.45) is 0.376. The summed E-state index contributed by atoms with van der Waals surface area (Å²) >= 11 is 0. The van der Waals surface area contributed by atoms with E-state index in [1.165, 1.54) is 17.1 Å². The van der Waals surface area contributed by atoms with E-state index in [1.807, 2.05) is 6.92 Å². The Morgan fingerprint density at radius 3 is 2.50 bits per heavy atom. The molecule has 1 heterocycles. The van der Waals surface area contributed by atoms with Crippen molar-refractivity contribution in [3.8, 4) is 5.75 Å². The molecule has 1 aliphatic rings. The lowest BCUT2D eigenvalue weighted by Gasteiger charge is -2.10. The van der Waals surface area contributed by atoms with Crippen LogP contribution in [0.5, 0.6) is 5.75 Å². The Hall–Kier alpha value is -1.84. The van der Waals surface area contributed by atoms with Crippen LogP contribution in [0, 0.1) is 0 Å². The van der Waals surface area contributed by atoms with Gasteiger partial charge in [-0.3, -0.25) is 4.79 Å². The van der Waals surface area contributed by atoms with Crippen LogP contribution >= 0.6 is 0 Å². The van der Waals surface area contributed by atoms with Crippen molar-refractivity contribution < 1.29 is 9.90 Å². The molecule has 72 valence electrons. The zero-order valence-corrected chi connectivity index (χ0v) is 7.77. The number of hydrogen-bond donors (Lipinski definition) is 1. The molecule has 0 aromatic heterocycles. The Morgan fingerprint density at radius 1 is 1.36 bits per heavy atom. The maximum atomic E-state index is 11.4. The van der Waals surface area contributed by atoms with Gasteiger partial charge in [0.25, 0.3) is 5.91 Å². The van der Waals surface area contributed by atoms with Crippen LogP contribution in [0.25, 0.3) is 0 Å². The van der Waals surface area contributed by atoms with Crippen LogP contribution in [-0.2, 0) is 4.79 Å². The second-order valence-electron chi connectivity index (χ2n) is 3.23. The summed E-state index contributed by atoms with van der Waals surface area (Å²) in [5.41, 5.74) is 1.49. The summed E-state index contributed by atoms with van der Waals surface area (Å²) in [6.45, 7) is 1.82. The summed E-state index contributed by atoms with van der Waals surface area (Å²) in [5.74, 6) is 0.147. The SMILES string of the molecule is CC1=NN(c2ccc(O)cc2)C(=O)C1. The zero-order chi connectivity index (χ0) is 10.1. The minimum Gasteiger partial charge on any atom is -0.508 e. The van der Waals surface area contributed by atoms with Gasteiger partial charge in [-0.2, -0.15) is 5.10 Å². The number of phenols is 1. The molecular formula is C10H10N2O2. The van der Waals surface area contributed by atoms with Crippen LogP contribution in [0.3, 0.4) is 0 Å². The van der Waals surface area contributed by atoms with Crippen molar-refractivity contribution in [1.29, 1.82) is 0 Å². The van der Waals surface area contributed by atoms with Gasteiger partial charge in [0.2, 0.25) is 0 Å². The Kier molecular flexibility index (Phi) is 1.96. The monoisotopic (exact) mass is 190 g/mol. The number of aromatic hydroxyl groups is 1. The van der Waals surface area contributed by atoms with Gasteiger partial charge in [-0.15, -0.1) is 0 Å². The number of hydrogen-bond acceptors (Lipinski definition) is 3. The lowest BCUT2D eigenvalue weighted by atomic mass is 10.2. The van der Waals surface area contributed by atoms with Gasteiger partial charge in [0.15, 0.2) is 0 Å². The Bertz CT molecular complexity index is 395. The van der Waals surface area contributed by atoms with E-state index in [0.29, 0.717) is 12.1 Å². The number of benzene rings is 1. The molecular weight excluding hydrogens is 180 g/mol. The van der Waals surface area contributed by atoms with E-state index in [4.69, 9.17) is 5.11 Å². The summed E-state index contributed by atoms with van der Waals surface area (Å²) < 4.78 is 0. The number of rotatable bonds is 1. The third kappa shape index (κ3) is 1.46. The number of carbonyl (C=O) groups is 1. The predicted molar refractivity (Wildman–Crippen MR) is 53.3 cm³/mol. The van der Waals surface area contributed by atoms with Crippen molar-refractivity contribution >= 4 is 17.3 Å². The number of amides is 1. The molecule has 0 atom stereocenters. The van der Waals surface area contributed by atoms with Crippen LogP contribution in [0.2, 0.25) is 0 Å². The van der Waals surface area contributed by atoms with Gasteiger partial charge in [0.05, 0.1) is 12.1 Å². The first-order valence-electron chi connectivity index (χ1n) is 4.33. The smallest absolute Gasteiger partial charge is 0.253 e. The van der Waals surface area contributed by atoms with Crippen LogP contribution in [-0.4, -0.2) is 16.7 Å². The van der Waals surface area contributed by atoms with E-state index < -0.39 is 0 Å². The number of hydrazone groups is 1. The van der Waals surface area contributed by atoms with Crippen molar-refractivity contribution in [2.75, 3.05) is 5.01 Å². The average molecular weight is 190 g/mol. The highest BCUT2D eigenvalue weighted by atomic mass is 16.3. The van der Waals surface area contributed by atoms with Gasteiger partial charge in [0.1, 0.15) is 5.75 Å². The molecule has 0 saturated carbocycles. The van der Waals surface area contributed by atoms with Gasteiger partial charge in [-0.05, 0) is 31.2 Å². The molecule has 0 bridgehead atoms. The normalized spacial score (nSPS) is 15.9. The Morgan fingerprint density at radius 2 is 2.00 bits per heavy atom. The Balaban J connectivity index is 2.32. The first kappa shape index (κ1) is 8.74. The topological polar surface area (TPSA) is 52.9 Å². The molecule has 1 aromatic carbocycles. The second-order valence-corrected chi connectivity index (χ2v) is 3.23. The number of carbonyl (C=O) groups excluding carboxylic acids is 1. The first-order valence-corrected chi connectivity index (χ1v) is 4.33. The molecule has 1 aliphatic heterocycles. The molecule has 4 nitrogen and oxygen atoms in total. The van der Waals surface area contributed by atoms with E-state index >= 15 is 0 Å². The minimum absolute atomic E-state index is 0.0341. The standard InChI is InChI=1S/C10H10N2O2/c1-7-6-10(14)12(11-7)8-2-4-9(13)5-3-8/h2-5,13H,6H2,1H3. The fourth-order valence-electron chi connectivity index (χ4n) is 1.35. The van der Waals surface area contributed by atoms with E-state index in [9.17, 15) is 4.79 Å². The highest BCUT2D eigenvalue weighted by Crippen LogP contribution is 2.22. The van der Waals surface area contributed by atoms with Gasteiger partial charge in [-0.25, -0.2) is 5.01 Å². The lowest BCUT2D eigenvalue weighted by molar-refractivity contribution is -0.116. The molecule has 4 heteroatoms. The molecule has 0 radical (unpaired) electrons. The van der Waals surface area contributed by atoms with Gasteiger partial charge < -0.3 is 5.11 Å². The minimum atomic E-state index is -0.0341. The first-order chi connectivity index (χ1) is 6.66. The predicted octanol–water partition coefficient (Wildman–Crippen LogP) is 1.50. The third-order valence-electron chi connectivity index (χ3n) is 2.01. The van der Waals surface area contributed by atoms with E-state index in [-0.39, 0.29) is 11.7 Å². The van der Waals surface area contributed by atoms with Crippen LogP contribution in [0.1, 0.15) is 13.3 Å². The van der Waals surface area contributed by atoms with Crippen molar-refractivity contribution in [3.63, 3.8) is 0 Å². The molecule has 0 spiro atoms. The zero-order valence-electron chi connectivity index (χ0n) is 7.77. The molecule has 0 saturated heterocycles. The van der Waals surface area contributed by atoms with E-state index in [1.54, 1.807) is 12.1 Å².